The highest BCUT2D eigenvalue weighted by Gasteiger charge is 2.08. The van der Waals surface area contributed by atoms with Crippen molar-refractivity contribution < 1.29 is 8.42 Å². The lowest BCUT2D eigenvalue weighted by Crippen LogP contribution is -2.09. The van der Waals surface area contributed by atoms with Crippen LogP contribution in [-0.2, 0) is 16.4 Å². The Bertz CT molecular complexity index is 1300. The maximum absolute atomic E-state index is 11.5. The number of fused-ring (bicyclic) bond motifs is 1. The van der Waals surface area contributed by atoms with Gasteiger partial charge in [0.05, 0.1) is 17.5 Å². The van der Waals surface area contributed by atoms with Gasteiger partial charge in [-0.25, -0.2) is 18.4 Å². The van der Waals surface area contributed by atoms with E-state index in [9.17, 15) is 8.42 Å². The highest BCUT2D eigenvalue weighted by molar-refractivity contribution is 7.92. The number of sulfonamides is 1. The van der Waals surface area contributed by atoms with E-state index in [0.717, 1.165) is 46.0 Å². The molecule has 0 aliphatic heterocycles. The van der Waals surface area contributed by atoms with Crippen molar-refractivity contribution in [1.29, 1.82) is 0 Å². The minimum atomic E-state index is -3.35. The van der Waals surface area contributed by atoms with Gasteiger partial charge in [0.25, 0.3) is 0 Å². The summed E-state index contributed by atoms with van der Waals surface area (Å²) in [5, 5.41) is 4.18. The Kier molecular flexibility index (Phi) is 5.33. The highest BCUT2D eigenvalue weighted by Crippen LogP contribution is 2.30. The van der Waals surface area contributed by atoms with E-state index < -0.39 is 10.0 Å². The zero-order valence-electron chi connectivity index (χ0n) is 16.6. The number of aromatic nitrogens is 3. The normalized spacial score (nSPS) is 11.4. The largest absolute Gasteiger partial charge is 0.324 e. The summed E-state index contributed by atoms with van der Waals surface area (Å²) in [6, 6.07) is 15.0. The average Bonchev–Trinajstić information content (AvgIpc) is 2.73. The summed E-state index contributed by atoms with van der Waals surface area (Å²) < 4.78 is 25.6. The van der Waals surface area contributed by atoms with E-state index in [1.165, 1.54) is 0 Å². The molecule has 0 unspecified atom stereocenters. The van der Waals surface area contributed by atoms with Crippen molar-refractivity contribution in [1.82, 2.24) is 15.0 Å². The SMILES string of the molecule is CCc1cnc(Nc2cccc3ncc(-c4cccc(NS(C)(=O)=O)c4)cc23)nc1. The second-order valence-corrected chi connectivity index (χ2v) is 8.69. The summed E-state index contributed by atoms with van der Waals surface area (Å²) in [6.45, 7) is 2.06. The van der Waals surface area contributed by atoms with Crippen LogP contribution in [0, 0.1) is 0 Å². The first-order valence-electron chi connectivity index (χ1n) is 9.46. The molecule has 0 aliphatic carbocycles. The van der Waals surface area contributed by atoms with E-state index in [0.29, 0.717) is 11.6 Å². The molecule has 7 nitrogen and oxygen atoms in total. The molecule has 2 heterocycles. The fraction of sp³-hybridized carbons (Fsp3) is 0.136. The van der Waals surface area contributed by atoms with E-state index in [-0.39, 0.29) is 0 Å². The van der Waals surface area contributed by atoms with Gasteiger partial charge < -0.3 is 5.32 Å². The molecule has 0 fully saturated rings. The summed E-state index contributed by atoms with van der Waals surface area (Å²) in [6.07, 6.45) is 7.41. The minimum absolute atomic E-state index is 0.505. The summed E-state index contributed by atoms with van der Waals surface area (Å²) in [7, 11) is -3.35. The Balaban J connectivity index is 1.71. The number of aryl methyl sites for hydroxylation is 1. The average molecular weight is 420 g/mol. The van der Waals surface area contributed by atoms with Gasteiger partial charge in [0.2, 0.25) is 16.0 Å². The second-order valence-electron chi connectivity index (χ2n) is 6.94. The molecule has 8 heteroatoms. The van der Waals surface area contributed by atoms with Gasteiger partial charge in [0.15, 0.2) is 0 Å². The predicted molar refractivity (Wildman–Crippen MR) is 120 cm³/mol. The van der Waals surface area contributed by atoms with Gasteiger partial charge in [0, 0.05) is 35.2 Å². The van der Waals surface area contributed by atoms with Crippen molar-refractivity contribution in [2.45, 2.75) is 13.3 Å². The van der Waals surface area contributed by atoms with Crippen LogP contribution in [0.2, 0.25) is 0 Å². The molecular weight excluding hydrogens is 398 g/mol. The second kappa shape index (κ2) is 8.08. The number of hydrogen-bond donors (Lipinski definition) is 2. The van der Waals surface area contributed by atoms with Crippen molar-refractivity contribution in [3.8, 4) is 11.1 Å². The summed E-state index contributed by atoms with van der Waals surface area (Å²) in [4.78, 5) is 13.3. The third-order valence-electron chi connectivity index (χ3n) is 4.58. The minimum Gasteiger partial charge on any atom is -0.324 e. The standard InChI is InChI=1S/C22H21N5O2S/c1-3-15-12-24-22(25-13-15)26-21-9-5-8-20-19(21)11-17(14-23-20)16-6-4-7-18(10-16)27-30(2,28)29/h4-14,27H,3H2,1-2H3,(H,24,25,26). The number of benzene rings is 2. The lowest BCUT2D eigenvalue weighted by Gasteiger charge is -2.11. The Labute approximate surface area is 175 Å². The van der Waals surface area contributed by atoms with Gasteiger partial charge in [-0.05, 0) is 47.9 Å². The van der Waals surface area contributed by atoms with E-state index in [2.05, 4.69) is 31.9 Å². The number of anilines is 3. The molecule has 4 rings (SSSR count). The quantitative estimate of drug-likeness (QED) is 0.482. The summed E-state index contributed by atoms with van der Waals surface area (Å²) in [5.74, 6) is 0.518. The van der Waals surface area contributed by atoms with Gasteiger partial charge in [-0.3, -0.25) is 9.71 Å². The third-order valence-corrected chi connectivity index (χ3v) is 5.19. The van der Waals surface area contributed by atoms with E-state index in [4.69, 9.17) is 0 Å². The van der Waals surface area contributed by atoms with Crippen molar-refractivity contribution in [3.05, 3.63) is 72.7 Å². The van der Waals surface area contributed by atoms with Crippen molar-refractivity contribution in [2.75, 3.05) is 16.3 Å². The molecule has 0 radical (unpaired) electrons. The maximum Gasteiger partial charge on any atom is 0.229 e. The number of nitrogens with one attached hydrogen (secondary N) is 2. The topological polar surface area (TPSA) is 96.9 Å². The lowest BCUT2D eigenvalue weighted by molar-refractivity contribution is 0.607. The number of hydrogen-bond acceptors (Lipinski definition) is 6. The molecule has 2 aromatic carbocycles. The molecule has 0 saturated carbocycles. The van der Waals surface area contributed by atoms with Crippen molar-refractivity contribution in [3.63, 3.8) is 0 Å². The Morgan fingerprint density at radius 3 is 2.40 bits per heavy atom. The van der Waals surface area contributed by atoms with Crippen molar-refractivity contribution >= 4 is 38.2 Å². The zero-order chi connectivity index (χ0) is 21.1. The Morgan fingerprint density at radius 2 is 1.67 bits per heavy atom. The van der Waals surface area contributed by atoms with Crippen LogP contribution >= 0.6 is 0 Å². The molecule has 2 aromatic heterocycles. The monoisotopic (exact) mass is 419 g/mol. The molecule has 152 valence electrons. The molecule has 30 heavy (non-hydrogen) atoms. The molecular formula is C22H21N5O2S. The number of rotatable bonds is 6. The predicted octanol–water partition coefficient (Wildman–Crippen LogP) is 4.37. The van der Waals surface area contributed by atoms with Gasteiger partial charge >= 0.3 is 0 Å². The van der Waals surface area contributed by atoms with Crippen LogP contribution < -0.4 is 10.0 Å². The van der Waals surface area contributed by atoms with Crippen LogP contribution in [0.4, 0.5) is 17.3 Å². The highest BCUT2D eigenvalue weighted by atomic mass is 32.2. The molecule has 0 amide bonds. The third kappa shape index (κ3) is 4.55. The number of nitrogens with zero attached hydrogens (tertiary/aromatic N) is 3. The first-order chi connectivity index (χ1) is 14.4. The molecule has 0 bridgehead atoms. The molecule has 2 N–H and O–H groups in total. The van der Waals surface area contributed by atoms with Crippen LogP contribution in [-0.4, -0.2) is 29.6 Å². The Hall–Kier alpha value is -3.52. The van der Waals surface area contributed by atoms with E-state index in [1.54, 1.807) is 24.4 Å². The van der Waals surface area contributed by atoms with E-state index >= 15 is 0 Å². The zero-order valence-corrected chi connectivity index (χ0v) is 17.4. The first-order valence-corrected chi connectivity index (χ1v) is 11.4. The van der Waals surface area contributed by atoms with Crippen LogP contribution in [0.5, 0.6) is 0 Å². The van der Waals surface area contributed by atoms with Crippen LogP contribution in [0.15, 0.2) is 67.1 Å². The fourth-order valence-corrected chi connectivity index (χ4v) is 3.67. The summed E-state index contributed by atoms with van der Waals surface area (Å²) >= 11 is 0. The smallest absolute Gasteiger partial charge is 0.229 e. The van der Waals surface area contributed by atoms with Gasteiger partial charge in [-0.15, -0.1) is 0 Å². The lowest BCUT2D eigenvalue weighted by atomic mass is 10.0. The van der Waals surface area contributed by atoms with Gasteiger partial charge in [-0.2, -0.15) is 0 Å². The van der Waals surface area contributed by atoms with Gasteiger partial charge in [0.1, 0.15) is 0 Å². The Morgan fingerprint density at radius 1 is 0.900 bits per heavy atom. The molecule has 0 atom stereocenters. The van der Waals surface area contributed by atoms with Crippen LogP contribution in [0.25, 0.3) is 22.0 Å². The van der Waals surface area contributed by atoms with Crippen molar-refractivity contribution in [2.24, 2.45) is 0 Å². The summed E-state index contributed by atoms with van der Waals surface area (Å²) in [5.41, 5.74) is 4.99. The fourth-order valence-electron chi connectivity index (χ4n) is 3.11. The van der Waals surface area contributed by atoms with Crippen LogP contribution in [0.1, 0.15) is 12.5 Å². The molecule has 4 aromatic rings. The molecule has 0 aliphatic rings. The van der Waals surface area contributed by atoms with E-state index in [1.807, 2.05) is 42.7 Å². The number of pyridine rings is 1. The first kappa shape index (κ1) is 19.8. The van der Waals surface area contributed by atoms with Crippen LogP contribution in [0.3, 0.4) is 0 Å². The molecule has 0 saturated heterocycles. The van der Waals surface area contributed by atoms with Gasteiger partial charge in [-0.1, -0.05) is 25.1 Å². The molecule has 0 spiro atoms. The maximum atomic E-state index is 11.5.